The van der Waals surface area contributed by atoms with Crippen molar-refractivity contribution >= 4 is 27.2 Å². The van der Waals surface area contributed by atoms with Gasteiger partial charge in [-0.25, -0.2) is 12.8 Å². The van der Waals surface area contributed by atoms with Crippen molar-refractivity contribution in [1.82, 2.24) is 9.29 Å². The molecule has 0 aliphatic heterocycles. The van der Waals surface area contributed by atoms with Crippen molar-refractivity contribution in [3.8, 4) is 0 Å². The summed E-state index contributed by atoms with van der Waals surface area (Å²) in [5.41, 5.74) is 5.37. The second kappa shape index (κ2) is 5.68. The van der Waals surface area contributed by atoms with E-state index in [9.17, 15) is 12.8 Å². The maximum Gasteiger partial charge on any atom is 0.244 e. The molecule has 0 aromatic carbocycles. The Labute approximate surface area is 111 Å². The molecule has 0 saturated carbocycles. The molecule has 1 unspecified atom stereocenters. The first kappa shape index (κ1) is 14.9. The highest BCUT2D eigenvalue weighted by Crippen LogP contribution is 2.17. The van der Waals surface area contributed by atoms with Gasteiger partial charge in [0.15, 0.2) is 0 Å². The summed E-state index contributed by atoms with van der Waals surface area (Å²) < 4.78 is 38.4. The van der Waals surface area contributed by atoms with Crippen LogP contribution in [0.2, 0.25) is 0 Å². The molecule has 1 rings (SSSR count). The van der Waals surface area contributed by atoms with Crippen LogP contribution in [-0.4, -0.2) is 35.8 Å². The summed E-state index contributed by atoms with van der Waals surface area (Å²) >= 11 is 4.74. The van der Waals surface area contributed by atoms with Gasteiger partial charge in [0, 0.05) is 25.7 Å². The highest BCUT2D eigenvalue weighted by atomic mass is 32.2. The summed E-state index contributed by atoms with van der Waals surface area (Å²) in [4.78, 5) is 3.55. The van der Waals surface area contributed by atoms with Gasteiger partial charge in [-0.05, 0) is 13.0 Å². The van der Waals surface area contributed by atoms with E-state index in [1.807, 2.05) is 0 Å². The van der Waals surface area contributed by atoms with Crippen LogP contribution >= 0.6 is 12.2 Å². The van der Waals surface area contributed by atoms with E-state index < -0.39 is 21.9 Å². The predicted molar refractivity (Wildman–Crippen MR) is 70.0 cm³/mol. The topological polar surface area (TPSA) is 76.3 Å². The van der Waals surface area contributed by atoms with E-state index in [1.165, 1.54) is 7.05 Å². The smallest absolute Gasteiger partial charge is 0.244 e. The fourth-order valence-electron chi connectivity index (χ4n) is 1.36. The molecule has 0 fully saturated rings. The van der Waals surface area contributed by atoms with Gasteiger partial charge in [-0.2, -0.15) is 4.31 Å². The Morgan fingerprint density at radius 1 is 1.61 bits per heavy atom. The normalized spacial score (nSPS) is 13.6. The Hall–Kier alpha value is -1.12. The first-order chi connectivity index (χ1) is 8.25. The average Bonchev–Trinajstić information content (AvgIpc) is 2.27. The van der Waals surface area contributed by atoms with Gasteiger partial charge in [-0.15, -0.1) is 0 Å². The Morgan fingerprint density at radius 2 is 2.22 bits per heavy atom. The van der Waals surface area contributed by atoms with Crippen LogP contribution in [-0.2, 0) is 10.0 Å². The molecule has 0 bridgehead atoms. The standard InChI is InChI=1S/C10H14FN3O2S2/c1-7(3-10(12)17)14(2)18(15,16)9-4-8(11)5-13-6-9/h4-7H,3H2,1-2H3,(H2,12,17). The van der Waals surface area contributed by atoms with Gasteiger partial charge < -0.3 is 5.73 Å². The molecule has 0 aliphatic rings. The zero-order chi connectivity index (χ0) is 13.9. The minimum absolute atomic E-state index is 0.195. The van der Waals surface area contributed by atoms with Gasteiger partial charge in [0.2, 0.25) is 10.0 Å². The Balaban J connectivity index is 3.03. The van der Waals surface area contributed by atoms with Crippen LogP contribution in [0.3, 0.4) is 0 Å². The minimum Gasteiger partial charge on any atom is -0.393 e. The molecule has 8 heteroatoms. The molecule has 0 aliphatic carbocycles. The highest BCUT2D eigenvalue weighted by Gasteiger charge is 2.26. The third-order valence-corrected chi connectivity index (χ3v) is 4.58. The summed E-state index contributed by atoms with van der Waals surface area (Å²) in [6.45, 7) is 1.67. The molecule has 1 heterocycles. The van der Waals surface area contributed by atoms with E-state index in [4.69, 9.17) is 18.0 Å². The number of thiocarbonyl (C=S) groups is 1. The lowest BCUT2D eigenvalue weighted by Crippen LogP contribution is -2.37. The lowest BCUT2D eigenvalue weighted by molar-refractivity contribution is 0.396. The van der Waals surface area contributed by atoms with E-state index in [0.717, 1.165) is 22.8 Å². The monoisotopic (exact) mass is 291 g/mol. The first-order valence-corrected chi connectivity index (χ1v) is 6.97. The molecule has 0 spiro atoms. The van der Waals surface area contributed by atoms with Crippen LogP contribution in [0.1, 0.15) is 13.3 Å². The number of halogens is 1. The van der Waals surface area contributed by atoms with Crippen LogP contribution in [0.15, 0.2) is 23.4 Å². The van der Waals surface area contributed by atoms with E-state index in [2.05, 4.69) is 4.98 Å². The average molecular weight is 291 g/mol. The molecule has 5 nitrogen and oxygen atoms in total. The third kappa shape index (κ3) is 3.44. The van der Waals surface area contributed by atoms with E-state index in [-0.39, 0.29) is 16.3 Å². The number of rotatable bonds is 5. The van der Waals surface area contributed by atoms with Crippen LogP contribution in [0, 0.1) is 5.82 Å². The second-order valence-electron chi connectivity index (χ2n) is 3.88. The van der Waals surface area contributed by atoms with Gasteiger partial charge in [0.05, 0.1) is 11.2 Å². The van der Waals surface area contributed by atoms with Crippen molar-refractivity contribution in [2.75, 3.05) is 7.05 Å². The van der Waals surface area contributed by atoms with Gasteiger partial charge in [0.1, 0.15) is 10.7 Å². The Morgan fingerprint density at radius 3 is 2.72 bits per heavy atom. The lowest BCUT2D eigenvalue weighted by atomic mass is 10.2. The minimum atomic E-state index is -3.79. The Bertz CT molecular complexity index is 548. The number of aromatic nitrogens is 1. The van der Waals surface area contributed by atoms with E-state index >= 15 is 0 Å². The van der Waals surface area contributed by atoms with Gasteiger partial charge in [-0.1, -0.05) is 12.2 Å². The number of nitrogens with zero attached hydrogens (tertiary/aromatic N) is 2. The third-order valence-electron chi connectivity index (χ3n) is 2.47. The van der Waals surface area contributed by atoms with Crippen molar-refractivity contribution in [3.63, 3.8) is 0 Å². The molecule has 0 saturated heterocycles. The predicted octanol–water partition coefficient (Wildman–Crippen LogP) is 0.906. The van der Waals surface area contributed by atoms with Crippen LogP contribution < -0.4 is 5.73 Å². The van der Waals surface area contributed by atoms with Gasteiger partial charge in [0.25, 0.3) is 0 Å². The second-order valence-corrected chi connectivity index (χ2v) is 6.40. The molecule has 100 valence electrons. The molecule has 1 atom stereocenters. The van der Waals surface area contributed by atoms with Crippen LogP contribution in [0.25, 0.3) is 0 Å². The van der Waals surface area contributed by atoms with Crippen molar-refractivity contribution < 1.29 is 12.8 Å². The fourth-order valence-corrected chi connectivity index (χ4v) is 2.93. The zero-order valence-electron chi connectivity index (χ0n) is 10.00. The van der Waals surface area contributed by atoms with E-state index in [0.29, 0.717) is 0 Å². The van der Waals surface area contributed by atoms with Crippen LogP contribution in [0.4, 0.5) is 4.39 Å². The summed E-state index contributed by atoms with van der Waals surface area (Å²) in [6, 6.07) is 0.516. The molecule has 18 heavy (non-hydrogen) atoms. The van der Waals surface area contributed by atoms with Gasteiger partial charge >= 0.3 is 0 Å². The molecule has 2 N–H and O–H groups in total. The number of hydrogen-bond donors (Lipinski definition) is 1. The number of pyridine rings is 1. The van der Waals surface area contributed by atoms with Crippen molar-refractivity contribution in [2.45, 2.75) is 24.3 Å². The molecular formula is C10H14FN3O2S2. The number of nitrogens with two attached hydrogens (primary N) is 1. The summed E-state index contributed by atoms with van der Waals surface area (Å²) in [7, 11) is -2.40. The molecule has 1 aromatic rings. The van der Waals surface area contributed by atoms with Crippen LogP contribution in [0.5, 0.6) is 0 Å². The molecule has 1 aromatic heterocycles. The molecule has 0 amide bonds. The van der Waals surface area contributed by atoms with Crippen molar-refractivity contribution in [2.24, 2.45) is 5.73 Å². The summed E-state index contributed by atoms with van der Waals surface area (Å²) in [5, 5.41) is 0. The zero-order valence-corrected chi connectivity index (χ0v) is 11.6. The largest absolute Gasteiger partial charge is 0.393 e. The number of hydrogen-bond acceptors (Lipinski definition) is 4. The molecule has 0 radical (unpaired) electrons. The quantitative estimate of drug-likeness (QED) is 0.816. The fraction of sp³-hybridized carbons (Fsp3) is 0.400. The SMILES string of the molecule is CC(CC(N)=S)N(C)S(=O)(=O)c1cncc(F)c1. The first-order valence-electron chi connectivity index (χ1n) is 5.12. The van der Waals surface area contributed by atoms with Gasteiger partial charge in [-0.3, -0.25) is 4.98 Å². The lowest BCUT2D eigenvalue weighted by Gasteiger charge is -2.23. The summed E-state index contributed by atoms with van der Waals surface area (Å²) in [6.07, 6.45) is 2.30. The van der Waals surface area contributed by atoms with E-state index in [1.54, 1.807) is 6.92 Å². The summed E-state index contributed by atoms with van der Waals surface area (Å²) in [5.74, 6) is -0.702. The number of sulfonamides is 1. The van der Waals surface area contributed by atoms with Crippen molar-refractivity contribution in [3.05, 3.63) is 24.3 Å². The maximum absolute atomic E-state index is 13.0. The maximum atomic E-state index is 13.0. The van der Waals surface area contributed by atoms with Crippen molar-refractivity contribution in [1.29, 1.82) is 0 Å². The Kier molecular flexibility index (Phi) is 4.71. The highest BCUT2D eigenvalue weighted by molar-refractivity contribution is 7.89. The molecular weight excluding hydrogens is 277 g/mol.